The summed E-state index contributed by atoms with van der Waals surface area (Å²) in [6.07, 6.45) is 5.06. The summed E-state index contributed by atoms with van der Waals surface area (Å²) < 4.78 is 0. The molecule has 0 aromatic heterocycles. The predicted molar refractivity (Wildman–Crippen MR) is 97.6 cm³/mol. The summed E-state index contributed by atoms with van der Waals surface area (Å²) >= 11 is 3.44. The molecule has 0 radical (unpaired) electrons. The predicted octanol–water partition coefficient (Wildman–Crippen LogP) is 3.62. The second-order valence-electron chi connectivity index (χ2n) is 4.74. The molecular formula is C18H21BrN2O2. The van der Waals surface area contributed by atoms with E-state index in [1.165, 1.54) is 5.56 Å². The van der Waals surface area contributed by atoms with Crippen LogP contribution < -0.4 is 11.2 Å². The number of halogens is 1. The molecule has 0 aliphatic heterocycles. The number of amides is 1. The lowest BCUT2D eigenvalue weighted by atomic mass is 10.2. The lowest BCUT2D eigenvalue weighted by molar-refractivity contribution is 0.100. The van der Waals surface area contributed by atoms with Crippen LogP contribution in [0.4, 0.5) is 0 Å². The smallest absolute Gasteiger partial charge is 0.248 e. The molecule has 0 fully saturated rings. The van der Waals surface area contributed by atoms with E-state index in [-0.39, 0.29) is 10.7 Å². The molecular weight excluding hydrogens is 356 g/mol. The molecule has 0 bridgehead atoms. The van der Waals surface area contributed by atoms with E-state index in [0.29, 0.717) is 12.1 Å². The van der Waals surface area contributed by atoms with Crippen LogP contribution in [0.3, 0.4) is 0 Å². The van der Waals surface area contributed by atoms with Crippen molar-refractivity contribution in [1.29, 1.82) is 0 Å². The van der Waals surface area contributed by atoms with E-state index in [9.17, 15) is 4.79 Å². The minimum atomic E-state index is -0.379. The highest BCUT2D eigenvalue weighted by atomic mass is 79.9. The van der Waals surface area contributed by atoms with E-state index < -0.39 is 0 Å². The van der Waals surface area contributed by atoms with Crippen molar-refractivity contribution in [2.75, 3.05) is 6.54 Å². The van der Waals surface area contributed by atoms with Gasteiger partial charge in [0.25, 0.3) is 0 Å². The summed E-state index contributed by atoms with van der Waals surface area (Å²) in [5.41, 5.74) is 8.86. The molecule has 0 heterocycles. The Morgan fingerprint density at radius 3 is 2.17 bits per heavy atom. The van der Waals surface area contributed by atoms with Gasteiger partial charge in [0.15, 0.2) is 0 Å². The van der Waals surface area contributed by atoms with Gasteiger partial charge in [-0.2, -0.15) is 0 Å². The summed E-state index contributed by atoms with van der Waals surface area (Å²) in [4.78, 5) is 10.7. The van der Waals surface area contributed by atoms with Crippen molar-refractivity contribution < 1.29 is 10.0 Å². The van der Waals surface area contributed by atoms with Gasteiger partial charge in [-0.25, -0.2) is 5.48 Å². The van der Waals surface area contributed by atoms with Crippen molar-refractivity contribution in [1.82, 2.24) is 5.48 Å². The fourth-order valence-electron chi connectivity index (χ4n) is 1.70. The number of carbonyl (C=O) groups excluding carboxylic acids is 1. The number of nitrogens with two attached hydrogens (primary N) is 1. The largest absolute Gasteiger partial charge is 0.366 e. The van der Waals surface area contributed by atoms with Crippen LogP contribution in [0.2, 0.25) is 0 Å². The van der Waals surface area contributed by atoms with Gasteiger partial charge in [0.2, 0.25) is 5.91 Å². The van der Waals surface area contributed by atoms with Crippen molar-refractivity contribution in [2.24, 2.45) is 5.73 Å². The summed E-state index contributed by atoms with van der Waals surface area (Å²) in [7, 11) is 0. The molecule has 0 aliphatic carbocycles. The highest BCUT2D eigenvalue weighted by Crippen LogP contribution is 2.07. The van der Waals surface area contributed by atoms with Gasteiger partial charge in [-0.05, 0) is 24.1 Å². The van der Waals surface area contributed by atoms with Crippen LogP contribution in [0.5, 0.6) is 0 Å². The molecule has 23 heavy (non-hydrogen) atoms. The van der Waals surface area contributed by atoms with Crippen LogP contribution in [0, 0.1) is 0 Å². The van der Waals surface area contributed by atoms with Gasteiger partial charge in [0, 0.05) is 16.9 Å². The quantitative estimate of drug-likeness (QED) is 0.532. The first-order valence-electron chi connectivity index (χ1n) is 7.21. The molecule has 0 aliphatic rings. The minimum absolute atomic E-state index is 0.271. The van der Waals surface area contributed by atoms with Crippen molar-refractivity contribution in [3.05, 3.63) is 77.9 Å². The Labute approximate surface area is 145 Å². The molecule has 1 unspecified atom stereocenters. The third-order valence-corrected chi connectivity index (χ3v) is 3.57. The normalized spacial score (nSPS) is 11.6. The van der Waals surface area contributed by atoms with Crippen LogP contribution in [-0.2, 0) is 0 Å². The standard InChI is InChI=1S/C11H14BrNO.C7H7NO/c12-11(9-13-14)8-4-7-10-5-2-1-3-6-10;8-7(9)6-4-2-1-3-5-6/h1-7,11,13-14H,8-9H2;1-5H,(H2,8,9). The van der Waals surface area contributed by atoms with Crippen molar-refractivity contribution in [3.63, 3.8) is 0 Å². The fraction of sp³-hybridized carbons (Fsp3) is 0.167. The number of benzene rings is 2. The molecule has 0 saturated carbocycles. The minimum Gasteiger partial charge on any atom is -0.366 e. The number of hydroxylamine groups is 1. The highest BCUT2D eigenvalue weighted by Gasteiger charge is 1.98. The Morgan fingerprint density at radius 2 is 1.70 bits per heavy atom. The first kappa shape index (κ1) is 19.1. The van der Waals surface area contributed by atoms with Crippen LogP contribution in [0.25, 0.3) is 6.08 Å². The molecule has 4 N–H and O–H groups in total. The van der Waals surface area contributed by atoms with E-state index >= 15 is 0 Å². The van der Waals surface area contributed by atoms with E-state index in [2.05, 4.69) is 45.7 Å². The van der Waals surface area contributed by atoms with Crippen molar-refractivity contribution in [3.8, 4) is 0 Å². The van der Waals surface area contributed by atoms with Gasteiger partial charge >= 0.3 is 0 Å². The zero-order valence-corrected chi connectivity index (χ0v) is 14.3. The average molecular weight is 377 g/mol. The van der Waals surface area contributed by atoms with E-state index in [1.54, 1.807) is 24.3 Å². The Morgan fingerprint density at radius 1 is 1.13 bits per heavy atom. The molecule has 0 saturated heterocycles. The van der Waals surface area contributed by atoms with Crippen molar-refractivity contribution >= 4 is 27.9 Å². The molecule has 1 amide bonds. The maximum atomic E-state index is 10.4. The highest BCUT2D eigenvalue weighted by molar-refractivity contribution is 9.09. The molecule has 122 valence electrons. The van der Waals surface area contributed by atoms with Crippen LogP contribution in [-0.4, -0.2) is 22.5 Å². The number of primary amides is 1. The maximum absolute atomic E-state index is 10.4. The van der Waals surface area contributed by atoms with Crippen molar-refractivity contribution in [2.45, 2.75) is 11.2 Å². The number of carbonyl (C=O) groups is 1. The summed E-state index contributed by atoms with van der Waals surface area (Å²) in [6, 6.07) is 18.9. The monoisotopic (exact) mass is 376 g/mol. The second kappa shape index (κ2) is 11.6. The molecule has 4 nitrogen and oxygen atoms in total. The topological polar surface area (TPSA) is 75.4 Å². The Hall–Kier alpha value is -1.95. The second-order valence-corrected chi connectivity index (χ2v) is 6.03. The van der Waals surface area contributed by atoms with Gasteiger partial charge in [-0.1, -0.05) is 76.6 Å². The molecule has 0 spiro atoms. The molecule has 1 atom stereocenters. The van der Waals surface area contributed by atoms with Gasteiger partial charge in [0.05, 0.1) is 0 Å². The van der Waals surface area contributed by atoms with Gasteiger partial charge in [-0.3, -0.25) is 4.79 Å². The average Bonchev–Trinajstić information content (AvgIpc) is 2.57. The van der Waals surface area contributed by atoms with Crippen LogP contribution >= 0.6 is 15.9 Å². The molecule has 2 aromatic rings. The van der Waals surface area contributed by atoms with E-state index in [0.717, 1.165) is 6.42 Å². The van der Waals surface area contributed by atoms with Gasteiger partial charge < -0.3 is 10.9 Å². The summed E-state index contributed by atoms with van der Waals surface area (Å²) in [5.74, 6) is -0.379. The number of hydrogen-bond acceptors (Lipinski definition) is 3. The van der Waals surface area contributed by atoms with Crippen LogP contribution in [0.15, 0.2) is 66.7 Å². The first-order chi connectivity index (χ1) is 11.1. The molecule has 5 heteroatoms. The Kier molecular flexibility index (Phi) is 9.63. The lowest BCUT2D eigenvalue weighted by Crippen LogP contribution is -2.18. The number of rotatable bonds is 6. The van der Waals surface area contributed by atoms with E-state index in [4.69, 9.17) is 10.9 Å². The molecule has 2 aromatic carbocycles. The SMILES string of the molecule is NC(=O)c1ccccc1.ONCC(Br)CC=Cc1ccccc1. The summed E-state index contributed by atoms with van der Waals surface area (Å²) in [5, 5.41) is 8.45. The zero-order chi connectivity index (χ0) is 16.9. The third kappa shape index (κ3) is 8.93. The zero-order valence-electron chi connectivity index (χ0n) is 12.7. The number of nitrogens with one attached hydrogen (secondary N) is 1. The number of allylic oxidation sites excluding steroid dienone is 1. The summed E-state index contributed by atoms with van der Waals surface area (Å²) in [6.45, 7) is 0.555. The Balaban J connectivity index is 0.000000253. The van der Waals surface area contributed by atoms with Gasteiger partial charge in [-0.15, -0.1) is 0 Å². The third-order valence-electron chi connectivity index (χ3n) is 2.87. The van der Waals surface area contributed by atoms with E-state index in [1.807, 2.05) is 24.3 Å². The number of alkyl halides is 1. The van der Waals surface area contributed by atoms with Crippen LogP contribution in [0.1, 0.15) is 22.3 Å². The number of hydrogen-bond donors (Lipinski definition) is 3. The lowest BCUT2D eigenvalue weighted by Gasteiger charge is -2.03. The maximum Gasteiger partial charge on any atom is 0.248 e. The first-order valence-corrected chi connectivity index (χ1v) is 8.12. The Bertz CT molecular complexity index is 588. The van der Waals surface area contributed by atoms with Gasteiger partial charge in [0.1, 0.15) is 0 Å². The molecule has 2 rings (SSSR count). The fourth-order valence-corrected chi connectivity index (χ4v) is 2.06.